The molecule has 7 heteroatoms. The first-order valence-electron chi connectivity index (χ1n) is 6.51. The third-order valence-electron chi connectivity index (χ3n) is 3.00. The lowest BCUT2D eigenvalue weighted by molar-refractivity contribution is -0.384. The van der Waals surface area contributed by atoms with Crippen LogP contribution >= 0.6 is 0 Å². The molecule has 112 valence electrons. The van der Waals surface area contributed by atoms with Crippen LogP contribution < -0.4 is 5.32 Å². The largest absolute Gasteiger partial charge is 0.313 e. The Hall–Kier alpha value is -1.47. The van der Waals surface area contributed by atoms with E-state index in [1.54, 1.807) is 19.1 Å². The maximum absolute atomic E-state index is 11.4. The number of benzene rings is 1. The zero-order valence-corrected chi connectivity index (χ0v) is 12.5. The van der Waals surface area contributed by atoms with Crippen molar-refractivity contribution in [3.63, 3.8) is 0 Å². The number of sulfone groups is 1. The minimum absolute atomic E-state index is 0.0733. The number of non-ortho nitro benzene ring substituents is 1. The number of hydrogen-bond donors (Lipinski definition) is 1. The molecule has 0 aliphatic carbocycles. The minimum Gasteiger partial charge on any atom is -0.313 e. The van der Waals surface area contributed by atoms with E-state index >= 15 is 0 Å². The van der Waals surface area contributed by atoms with Gasteiger partial charge in [-0.1, -0.05) is 19.1 Å². The van der Waals surface area contributed by atoms with E-state index in [9.17, 15) is 18.5 Å². The molecule has 1 rings (SSSR count). The van der Waals surface area contributed by atoms with Gasteiger partial charge in [-0.15, -0.1) is 0 Å². The van der Waals surface area contributed by atoms with Crippen molar-refractivity contribution >= 4 is 15.5 Å². The van der Waals surface area contributed by atoms with Crippen LogP contribution in [0.25, 0.3) is 0 Å². The molecule has 0 bridgehead atoms. The van der Waals surface area contributed by atoms with Gasteiger partial charge in [0.05, 0.1) is 10.7 Å². The Labute approximate surface area is 119 Å². The molecular formula is C13H20N2O4S. The summed E-state index contributed by atoms with van der Waals surface area (Å²) in [4.78, 5) is 10.1. The van der Waals surface area contributed by atoms with Gasteiger partial charge in [0.25, 0.3) is 5.69 Å². The molecule has 0 radical (unpaired) electrons. The molecule has 0 saturated heterocycles. The zero-order valence-electron chi connectivity index (χ0n) is 11.7. The molecule has 6 nitrogen and oxygen atoms in total. The van der Waals surface area contributed by atoms with Crippen LogP contribution in [0.2, 0.25) is 0 Å². The van der Waals surface area contributed by atoms with E-state index in [-0.39, 0.29) is 23.2 Å². The Morgan fingerprint density at radius 2 is 1.90 bits per heavy atom. The summed E-state index contributed by atoms with van der Waals surface area (Å²) in [6, 6.07) is 6.28. The molecule has 1 aromatic carbocycles. The van der Waals surface area contributed by atoms with E-state index in [4.69, 9.17) is 0 Å². The van der Waals surface area contributed by atoms with Crippen molar-refractivity contribution in [2.75, 3.05) is 18.1 Å². The van der Waals surface area contributed by atoms with Crippen LogP contribution in [0.15, 0.2) is 24.3 Å². The van der Waals surface area contributed by atoms with Crippen LogP contribution in [-0.4, -0.2) is 37.4 Å². The van der Waals surface area contributed by atoms with Crippen LogP contribution in [0, 0.1) is 10.1 Å². The second-order valence-corrected chi connectivity index (χ2v) is 7.13. The lowest BCUT2D eigenvalue weighted by Crippen LogP contribution is -2.34. The molecule has 1 atom stereocenters. The maximum Gasteiger partial charge on any atom is 0.269 e. The summed E-state index contributed by atoms with van der Waals surface area (Å²) in [5, 5.41) is 13.7. The molecule has 1 unspecified atom stereocenters. The number of rotatable bonds is 8. The number of nitrogens with one attached hydrogen (secondary N) is 1. The normalized spacial score (nSPS) is 13.1. The summed E-state index contributed by atoms with van der Waals surface area (Å²) in [6.07, 6.45) is 0.703. The number of nitro benzene ring substituents is 1. The van der Waals surface area contributed by atoms with E-state index in [2.05, 4.69) is 5.32 Å². The molecule has 0 saturated carbocycles. The minimum atomic E-state index is -2.97. The fourth-order valence-corrected chi connectivity index (χ4v) is 2.92. The van der Waals surface area contributed by atoms with Crippen molar-refractivity contribution < 1.29 is 13.3 Å². The first-order valence-corrected chi connectivity index (χ1v) is 8.33. The van der Waals surface area contributed by atoms with Gasteiger partial charge >= 0.3 is 0 Å². The average molecular weight is 300 g/mol. The SMILES string of the molecule is CCS(=O)(=O)CC(C)NCCc1ccc([N+](=O)[O-])cc1. The molecule has 0 aliphatic rings. The summed E-state index contributed by atoms with van der Waals surface area (Å²) in [6.45, 7) is 4.11. The smallest absolute Gasteiger partial charge is 0.269 e. The second-order valence-electron chi connectivity index (χ2n) is 4.73. The van der Waals surface area contributed by atoms with Crippen molar-refractivity contribution in [1.29, 1.82) is 0 Å². The summed E-state index contributed by atoms with van der Waals surface area (Å²) in [5.74, 6) is 0.283. The van der Waals surface area contributed by atoms with E-state index in [1.807, 2.05) is 6.92 Å². The van der Waals surface area contributed by atoms with Crippen LogP contribution in [-0.2, 0) is 16.3 Å². The van der Waals surface area contributed by atoms with Crippen LogP contribution in [0.4, 0.5) is 5.69 Å². The van der Waals surface area contributed by atoms with Gasteiger partial charge in [0.1, 0.15) is 0 Å². The topological polar surface area (TPSA) is 89.3 Å². The number of nitro groups is 1. The van der Waals surface area contributed by atoms with Gasteiger partial charge in [-0.3, -0.25) is 10.1 Å². The van der Waals surface area contributed by atoms with Gasteiger partial charge in [-0.25, -0.2) is 8.42 Å². The Morgan fingerprint density at radius 1 is 1.30 bits per heavy atom. The first kappa shape index (κ1) is 16.6. The fourth-order valence-electron chi connectivity index (χ4n) is 1.80. The Morgan fingerprint density at radius 3 is 2.40 bits per heavy atom. The van der Waals surface area contributed by atoms with Crippen LogP contribution in [0.3, 0.4) is 0 Å². The zero-order chi connectivity index (χ0) is 15.2. The fraction of sp³-hybridized carbons (Fsp3) is 0.538. The lowest BCUT2D eigenvalue weighted by Gasteiger charge is -2.13. The van der Waals surface area contributed by atoms with Gasteiger partial charge < -0.3 is 5.32 Å². The summed E-state index contributed by atoms with van der Waals surface area (Å²) in [5.41, 5.74) is 1.05. The Bertz CT molecular complexity index is 540. The van der Waals surface area contributed by atoms with Crippen molar-refractivity contribution in [2.45, 2.75) is 26.3 Å². The summed E-state index contributed by atoms with van der Waals surface area (Å²) < 4.78 is 22.9. The molecule has 1 aromatic rings. The highest BCUT2D eigenvalue weighted by Gasteiger charge is 2.12. The first-order chi connectivity index (χ1) is 9.34. The van der Waals surface area contributed by atoms with Gasteiger partial charge in [0.2, 0.25) is 0 Å². The average Bonchev–Trinajstić information content (AvgIpc) is 2.38. The monoisotopic (exact) mass is 300 g/mol. The molecule has 0 aliphatic heterocycles. The van der Waals surface area contributed by atoms with Crippen molar-refractivity contribution in [3.05, 3.63) is 39.9 Å². The maximum atomic E-state index is 11.4. The van der Waals surface area contributed by atoms with Gasteiger partial charge in [0.15, 0.2) is 9.84 Å². The van der Waals surface area contributed by atoms with E-state index in [0.717, 1.165) is 5.56 Å². The highest BCUT2D eigenvalue weighted by molar-refractivity contribution is 7.91. The van der Waals surface area contributed by atoms with Gasteiger partial charge in [0, 0.05) is 23.9 Å². The molecule has 0 spiro atoms. The van der Waals surface area contributed by atoms with Gasteiger partial charge in [-0.2, -0.15) is 0 Å². The standard InChI is InChI=1S/C13H20N2O4S/c1-3-20(18,19)10-11(2)14-9-8-12-4-6-13(7-5-12)15(16)17/h4-7,11,14H,3,8-10H2,1-2H3. The third-order valence-corrected chi connectivity index (χ3v) is 4.88. The molecule has 0 fully saturated rings. The Balaban J connectivity index is 2.39. The molecular weight excluding hydrogens is 280 g/mol. The van der Waals surface area contributed by atoms with Crippen LogP contribution in [0.1, 0.15) is 19.4 Å². The highest BCUT2D eigenvalue weighted by Crippen LogP contribution is 2.11. The van der Waals surface area contributed by atoms with Crippen molar-refractivity contribution in [1.82, 2.24) is 5.32 Å². The van der Waals surface area contributed by atoms with Crippen molar-refractivity contribution in [3.8, 4) is 0 Å². The van der Waals surface area contributed by atoms with Crippen molar-refractivity contribution in [2.24, 2.45) is 0 Å². The molecule has 1 N–H and O–H groups in total. The number of hydrogen-bond acceptors (Lipinski definition) is 5. The predicted octanol–water partition coefficient (Wildman–Crippen LogP) is 1.55. The molecule has 0 aromatic heterocycles. The summed E-state index contributed by atoms with van der Waals surface area (Å²) >= 11 is 0. The summed E-state index contributed by atoms with van der Waals surface area (Å²) in [7, 11) is -2.97. The molecule has 0 amide bonds. The van der Waals surface area contributed by atoms with Gasteiger partial charge in [-0.05, 0) is 25.5 Å². The number of nitrogens with zero attached hydrogens (tertiary/aromatic N) is 1. The Kier molecular flexibility index (Phi) is 6.09. The predicted molar refractivity (Wildman–Crippen MR) is 78.6 cm³/mol. The molecule has 20 heavy (non-hydrogen) atoms. The second kappa shape index (κ2) is 7.35. The molecule has 0 heterocycles. The highest BCUT2D eigenvalue weighted by atomic mass is 32.2. The third kappa shape index (κ3) is 5.66. The van der Waals surface area contributed by atoms with E-state index < -0.39 is 14.8 Å². The van der Waals surface area contributed by atoms with Crippen LogP contribution in [0.5, 0.6) is 0 Å². The van der Waals surface area contributed by atoms with E-state index in [0.29, 0.717) is 13.0 Å². The quantitative estimate of drug-likeness (QED) is 0.581. The van der Waals surface area contributed by atoms with E-state index in [1.165, 1.54) is 12.1 Å². The lowest BCUT2D eigenvalue weighted by atomic mass is 10.1.